The van der Waals surface area contributed by atoms with E-state index in [4.69, 9.17) is 5.73 Å². The lowest BCUT2D eigenvalue weighted by molar-refractivity contribution is 0.568. The zero-order valence-corrected chi connectivity index (χ0v) is 10.5. The summed E-state index contributed by atoms with van der Waals surface area (Å²) < 4.78 is 25.7. The molecule has 0 aromatic heterocycles. The maximum absolute atomic E-state index is 11.6. The van der Waals surface area contributed by atoms with Crippen LogP contribution in [0.25, 0.3) is 0 Å². The zero-order chi connectivity index (χ0) is 12.3. The van der Waals surface area contributed by atoms with Crippen LogP contribution in [0.15, 0.2) is 30.3 Å². The van der Waals surface area contributed by atoms with E-state index < -0.39 is 10.0 Å². The number of nitrogens with two attached hydrogens (primary N) is 1. The van der Waals surface area contributed by atoms with Crippen molar-refractivity contribution in [3.8, 4) is 0 Å². The molecule has 1 aliphatic carbocycles. The Bertz CT molecular complexity index is 455. The van der Waals surface area contributed by atoms with E-state index in [1.165, 1.54) is 0 Å². The van der Waals surface area contributed by atoms with Crippen LogP contribution >= 0.6 is 0 Å². The molecule has 0 spiro atoms. The van der Waals surface area contributed by atoms with E-state index in [9.17, 15) is 8.42 Å². The third-order valence-corrected chi connectivity index (χ3v) is 4.91. The Morgan fingerprint density at radius 2 is 1.94 bits per heavy atom. The molecule has 0 saturated heterocycles. The fourth-order valence-electron chi connectivity index (χ4n) is 1.72. The number of hydrogen-bond acceptors (Lipinski definition) is 3. The Kier molecular flexibility index (Phi) is 3.81. The molecule has 1 unspecified atom stereocenters. The second kappa shape index (κ2) is 5.16. The second-order valence-electron chi connectivity index (χ2n) is 4.44. The Morgan fingerprint density at radius 3 is 2.53 bits per heavy atom. The van der Waals surface area contributed by atoms with Gasteiger partial charge in [-0.1, -0.05) is 30.3 Å². The minimum Gasteiger partial charge on any atom is -0.324 e. The third kappa shape index (κ3) is 3.52. The van der Waals surface area contributed by atoms with Crippen LogP contribution in [-0.2, 0) is 10.0 Å². The lowest BCUT2D eigenvalue weighted by Gasteiger charge is -2.12. The molecule has 0 aliphatic heterocycles. The molecule has 1 aromatic carbocycles. The molecule has 0 amide bonds. The normalized spacial score (nSPS) is 17.9. The second-order valence-corrected chi connectivity index (χ2v) is 6.49. The van der Waals surface area contributed by atoms with E-state index in [0.29, 0.717) is 13.0 Å². The van der Waals surface area contributed by atoms with Crippen LogP contribution in [0.5, 0.6) is 0 Å². The minimum absolute atomic E-state index is 0.113. The maximum atomic E-state index is 11.6. The Balaban J connectivity index is 1.79. The molecule has 1 atom stereocenters. The molecule has 94 valence electrons. The van der Waals surface area contributed by atoms with Gasteiger partial charge in [0.25, 0.3) is 0 Å². The molecule has 1 fully saturated rings. The summed E-state index contributed by atoms with van der Waals surface area (Å²) in [6.07, 6.45) is 2.20. The van der Waals surface area contributed by atoms with Crippen molar-refractivity contribution in [3.05, 3.63) is 35.9 Å². The van der Waals surface area contributed by atoms with Gasteiger partial charge in [0.05, 0.1) is 5.25 Å². The highest BCUT2D eigenvalue weighted by Crippen LogP contribution is 2.27. The fourth-order valence-corrected chi connectivity index (χ4v) is 3.11. The van der Waals surface area contributed by atoms with Crippen molar-refractivity contribution in [3.63, 3.8) is 0 Å². The Hall–Kier alpha value is -0.910. The van der Waals surface area contributed by atoms with Crippen molar-refractivity contribution in [2.75, 3.05) is 6.54 Å². The molecule has 4 nitrogen and oxygen atoms in total. The van der Waals surface area contributed by atoms with E-state index in [-0.39, 0.29) is 11.3 Å². The van der Waals surface area contributed by atoms with Crippen LogP contribution in [0.2, 0.25) is 0 Å². The number of benzene rings is 1. The first-order valence-electron chi connectivity index (χ1n) is 5.88. The molecule has 5 heteroatoms. The van der Waals surface area contributed by atoms with Gasteiger partial charge in [-0.3, -0.25) is 0 Å². The fraction of sp³-hybridized carbons (Fsp3) is 0.500. The highest BCUT2D eigenvalue weighted by atomic mass is 32.2. The lowest BCUT2D eigenvalue weighted by atomic mass is 10.1. The van der Waals surface area contributed by atoms with Gasteiger partial charge in [0.15, 0.2) is 0 Å². The molecular weight excluding hydrogens is 236 g/mol. The SMILES string of the molecule is NC(CCNS(=O)(=O)C1CC1)c1ccccc1. The topological polar surface area (TPSA) is 72.2 Å². The summed E-state index contributed by atoms with van der Waals surface area (Å²) in [4.78, 5) is 0. The summed E-state index contributed by atoms with van der Waals surface area (Å²) in [6.45, 7) is 0.412. The molecule has 1 aliphatic rings. The number of rotatable bonds is 6. The van der Waals surface area contributed by atoms with Crippen LogP contribution in [0, 0.1) is 0 Å². The van der Waals surface area contributed by atoms with Gasteiger partial charge in [-0.25, -0.2) is 13.1 Å². The standard InChI is InChI=1S/C12H18N2O2S/c13-12(10-4-2-1-3-5-10)8-9-14-17(15,16)11-6-7-11/h1-5,11-12,14H,6-9,13H2. The lowest BCUT2D eigenvalue weighted by Crippen LogP contribution is -2.30. The van der Waals surface area contributed by atoms with Crippen molar-refractivity contribution in [1.29, 1.82) is 0 Å². The van der Waals surface area contributed by atoms with Gasteiger partial charge in [0, 0.05) is 12.6 Å². The van der Waals surface area contributed by atoms with Gasteiger partial charge >= 0.3 is 0 Å². The van der Waals surface area contributed by atoms with E-state index in [1.807, 2.05) is 30.3 Å². The monoisotopic (exact) mass is 254 g/mol. The molecule has 1 saturated carbocycles. The van der Waals surface area contributed by atoms with E-state index in [0.717, 1.165) is 18.4 Å². The highest BCUT2D eigenvalue weighted by Gasteiger charge is 2.35. The Labute approximate surface area is 102 Å². The van der Waals surface area contributed by atoms with Gasteiger partial charge in [0.1, 0.15) is 0 Å². The highest BCUT2D eigenvalue weighted by molar-refractivity contribution is 7.90. The Morgan fingerprint density at radius 1 is 1.29 bits per heavy atom. The van der Waals surface area contributed by atoms with Crippen LogP contribution in [-0.4, -0.2) is 20.2 Å². The summed E-state index contributed by atoms with van der Waals surface area (Å²) in [5.74, 6) is 0. The van der Waals surface area contributed by atoms with Crippen molar-refractivity contribution in [2.24, 2.45) is 5.73 Å². The molecule has 0 bridgehead atoms. The summed E-state index contributed by atoms with van der Waals surface area (Å²) in [5, 5.41) is -0.157. The van der Waals surface area contributed by atoms with Crippen LogP contribution in [0.4, 0.5) is 0 Å². The average Bonchev–Trinajstić information content (AvgIpc) is 3.14. The summed E-state index contributed by atoms with van der Waals surface area (Å²) in [7, 11) is -3.07. The van der Waals surface area contributed by atoms with Crippen molar-refractivity contribution < 1.29 is 8.42 Å². The van der Waals surface area contributed by atoms with Crippen LogP contribution in [0.3, 0.4) is 0 Å². The molecule has 3 N–H and O–H groups in total. The van der Waals surface area contributed by atoms with Gasteiger partial charge in [-0.2, -0.15) is 0 Å². The molecule has 2 rings (SSSR count). The number of hydrogen-bond donors (Lipinski definition) is 2. The maximum Gasteiger partial charge on any atom is 0.214 e. The van der Waals surface area contributed by atoms with Crippen LogP contribution in [0.1, 0.15) is 30.9 Å². The first-order chi connectivity index (χ1) is 8.09. The predicted octanol–water partition coefficient (Wildman–Crippen LogP) is 1.16. The quantitative estimate of drug-likeness (QED) is 0.800. The van der Waals surface area contributed by atoms with E-state index in [1.54, 1.807) is 0 Å². The van der Waals surface area contributed by atoms with Gasteiger partial charge in [-0.15, -0.1) is 0 Å². The first kappa shape index (κ1) is 12.5. The van der Waals surface area contributed by atoms with Crippen molar-refractivity contribution in [2.45, 2.75) is 30.6 Å². The van der Waals surface area contributed by atoms with Crippen molar-refractivity contribution >= 4 is 10.0 Å². The third-order valence-electron chi connectivity index (χ3n) is 2.95. The zero-order valence-electron chi connectivity index (χ0n) is 9.67. The van der Waals surface area contributed by atoms with E-state index >= 15 is 0 Å². The molecule has 1 aromatic rings. The van der Waals surface area contributed by atoms with Gasteiger partial charge in [-0.05, 0) is 24.8 Å². The molecular formula is C12H18N2O2S. The molecule has 17 heavy (non-hydrogen) atoms. The molecule has 0 radical (unpaired) electrons. The largest absolute Gasteiger partial charge is 0.324 e. The average molecular weight is 254 g/mol. The number of nitrogens with one attached hydrogen (secondary N) is 1. The van der Waals surface area contributed by atoms with Gasteiger partial charge in [0.2, 0.25) is 10.0 Å². The minimum atomic E-state index is -3.07. The summed E-state index contributed by atoms with van der Waals surface area (Å²) in [6, 6.07) is 9.61. The van der Waals surface area contributed by atoms with Gasteiger partial charge < -0.3 is 5.73 Å². The molecule has 0 heterocycles. The predicted molar refractivity (Wildman–Crippen MR) is 67.9 cm³/mol. The summed E-state index contributed by atoms with van der Waals surface area (Å²) >= 11 is 0. The smallest absolute Gasteiger partial charge is 0.214 e. The number of sulfonamides is 1. The van der Waals surface area contributed by atoms with Crippen LogP contribution < -0.4 is 10.5 Å². The summed E-state index contributed by atoms with van der Waals surface area (Å²) in [5.41, 5.74) is 7.02. The first-order valence-corrected chi connectivity index (χ1v) is 7.43. The van der Waals surface area contributed by atoms with E-state index in [2.05, 4.69) is 4.72 Å². The van der Waals surface area contributed by atoms with Crippen molar-refractivity contribution in [1.82, 2.24) is 4.72 Å².